The van der Waals surface area contributed by atoms with E-state index in [4.69, 9.17) is 11.6 Å². The molecule has 0 fully saturated rings. The molecule has 18 heavy (non-hydrogen) atoms. The lowest BCUT2D eigenvalue weighted by Crippen LogP contribution is -2.17. The number of hydrogen-bond donors (Lipinski definition) is 1. The van der Waals surface area contributed by atoms with Crippen LogP contribution < -0.4 is 5.32 Å². The van der Waals surface area contributed by atoms with E-state index in [9.17, 15) is 4.39 Å². The average molecular weight is 268 g/mol. The summed E-state index contributed by atoms with van der Waals surface area (Å²) in [4.78, 5) is 0. The van der Waals surface area contributed by atoms with Crippen molar-refractivity contribution < 1.29 is 4.39 Å². The third-order valence-electron chi connectivity index (χ3n) is 2.70. The highest BCUT2D eigenvalue weighted by molar-refractivity contribution is 6.30. The maximum atomic E-state index is 13.6. The Hall–Kier alpha value is -1.39. The minimum absolute atomic E-state index is 0.168. The molecule has 1 aromatic carbocycles. The van der Waals surface area contributed by atoms with Gasteiger partial charge in [-0.15, -0.1) is 0 Å². The number of hydrogen-bond acceptors (Lipinski definition) is 2. The van der Waals surface area contributed by atoms with E-state index in [1.165, 1.54) is 0 Å². The van der Waals surface area contributed by atoms with Crippen LogP contribution in [0.25, 0.3) is 0 Å². The molecule has 2 rings (SSSR count). The van der Waals surface area contributed by atoms with Crippen LogP contribution in [0.3, 0.4) is 0 Å². The van der Waals surface area contributed by atoms with Gasteiger partial charge in [0.15, 0.2) is 0 Å². The van der Waals surface area contributed by atoms with Gasteiger partial charge in [0.05, 0.1) is 11.2 Å². The van der Waals surface area contributed by atoms with Gasteiger partial charge in [-0.05, 0) is 24.6 Å². The fourth-order valence-corrected chi connectivity index (χ4v) is 1.94. The molecule has 0 spiro atoms. The quantitative estimate of drug-likeness (QED) is 0.844. The number of rotatable bonds is 5. The van der Waals surface area contributed by atoms with Gasteiger partial charge in [-0.25, -0.2) is 4.39 Å². The highest BCUT2D eigenvalue weighted by atomic mass is 35.5. The lowest BCUT2D eigenvalue weighted by atomic mass is 10.2. The molecule has 0 radical (unpaired) electrons. The Labute approximate surface area is 111 Å². The molecule has 96 valence electrons. The average Bonchev–Trinajstić information content (AvgIpc) is 2.76. The molecule has 0 atom stereocenters. The van der Waals surface area contributed by atoms with Gasteiger partial charge in [0.2, 0.25) is 0 Å². The summed E-state index contributed by atoms with van der Waals surface area (Å²) in [5, 5.41) is 7.45. The van der Waals surface area contributed by atoms with E-state index in [-0.39, 0.29) is 10.8 Å². The van der Waals surface area contributed by atoms with Gasteiger partial charge >= 0.3 is 0 Å². The van der Waals surface area contributed by atoms with Gasteiger partial charge < -0.3 is 5.32 Å². The molecule has 0 amide bonds. The first-order valence-corrected chi connectivity index (χ1v) is 6.16. The summed E-state index contributed by atoms with van der Waals surface area (Å²) in [7, 11) is 1.89. The Kier molecular flexibility index (Phi) is 4.33. The molecule has 1 heterocycles. The molecule has 0 saturated heterocycles. The smallest absolute Gasteiger partial charge is 0.146 e. The first-order valence-electron chi connectivity index (χ1n) is 5.78. The number of aryl methyl sites for hydroxylation is 1. The molecule has 1 N–H and O–H groups in total. The van der Waals surface area contributed by atoms with Crippen LogP contribution in [0.1, 0.15) is 11.1 Å². The molecule has 0 saturated carbocycles. The number of nitrogens with one attached hydrogen (secondary N) is 1. The molecule has 1 aromatic heterocycles. The van der Waals surface area contributed by atoms with Gasteiger partial charge in [-0.3, -0.25) is 4.68 Å². The summed E-state index contributed by atoms with van der Waals surface area (Å²) in [6, 6.07) is 5.04. The monoisotopic (exact) mass is 267 g/mol. The third-order valence-corrected chi connectivity index (χ3v) is 2.99. The molecule has 2 aromatic rings. The van der Waals surface area contributed by atoms with Crippen LogP contribution >= 0.6 is 11.6 Å². The van der Waals surface area contributed by atoms with Crippen molar-refractivity contribution in [1.82, 2.24) is 15.1 Å². The Morgan fingerprint density at radius 3 is 3.00 bits per heavy atom. The van der Waals surface area contributed by atoms with Crippen LogP contribution in [0.15, 0.2) is 30.6 Å². The second-order valence-corrected chi connectivity index (χ2v) is 4.57. The van der Waals surface area contributed by atoms with Crippen molar-refractivity contribution in [2.75, 3.05) is 6.54 Å². The first-order chi connectivity index (χ1) is 8.66. The maximum absolute atomic E-state index is 13.6. The van der Waals surface area contributed by atoms with Gasteiger partial charge in [0.1, 0.15) is 5.82 Å². The zero-order valence-electron chi connectivity index (χ0n) is 10.2. The van der Waals surface area contributed by atoms with E-state index in [1.54, 1.807) is 22.9 Å². The zero-order chi connectivity index (χ0) is 13.0. The Morgan fingerprint density at radius 2 is 2.28 bits per heavy atom. The second-order valence-electron chi connectivity index (χ2n) is 4.16. The number of benzene rings is 1. The summed E-state index contributed by atoms with van der Waals surface area (Å²) in [5.41, 5.74) is 1.75. The van der Waals surface area contributed by atoms with E-state index < -0.39 is 0 Å². The van der Waals surface area contributed by atoms with Gasteiger partial charge in [-0.1, -0.05) is 23.7 Å². The van der Waals surface area contributed by atoms with E-state index >= 15 is 0 Å². The predicted molar refractivity (Wildman–Crippen MR) is 70.0 cm³/mol. The number of nitrogens with zero attached hydrogens (tertiary/aromatic N) is 2. The summed E-state index contributed by atoms with van der Waals surface area (Å²) in [5.74, 6) is -0.340. The standard InChI is InChI=1S/C13H15ClFN3/c1-18-9-10(7-17-18)5-6-16-8-11-3-2-4-12(14)13(11)15/h2-4,7,9,16H,5-6,8H2,1H3. The number of aromatic nitrogens is 2. The Balaban J connectivity index is 1.80. The van der Waals surface area contributed by atoms with Gasteiger partial charge in [0.25, 0.3) is 0 Å². The van der Waals surface area contributed by atoms with Gasteiger partial charge in [-0.2, -0.15) is 5.10 Å². The molecular formula is C13H15ClFN3. The van der Waals surface area contributed by atoms with Crippen molar-refractivity contribution in [3.8, 4) is 0 Å². The van der Waals surface area contributed by atoms with E-state index in [2.05, 4.69) is 10.4 Å². The van der Waals surface area contributed by atoms with Crippen molar-refractivity contribution in [1.29, 1.82) is 0 Å². The van der Waals surface area contributed by atoms with E-state index in [0.717, 1.165) is 18.5 Å². The van der Waals surface area contributed by atoms with Crippen molar-refractivity contribution in [2.45, 2.75) is 13.0 Å². The minimum Gasteiger partial charge on any atom is -0.312 e. The van der Waals surface area contributed by atoms with E-state index in [0.29, 0.717) is 12.1 Å². The van der Waals surface area contributed by atoms with E-state index in [1.807, 2.05) is 19.4 Å². The lowest BCUT2D eigenvalue weighted by Gasteiger charge is -2.06. The summed E-state index contributed by atoms with van der Waals surface area (Å²) in [6.07, 6.45) is 4.68. The lowest BCUT2D eigenvalue weighted by molar-refractivity contribution is 0.589. The summed E-state index contributed by atoms with van der Waals surface area (Å²) in [6.45, 7) is 1.25. The SMILES string of the molecule is Cn1cc(CCNCc2cccc(Cl)c2F)cn1. The molecule has 0 aliphatic rings. The fourth-order valence-electron chi connectivity index (χ4n) is 1.74. The topological polar surface area (TPSA) is 29.9 Å². The Morgan fingerprint density at radius 1 is 1.44 bits per heavy atom. The molecular weight excluding hydrogens is 253 g/mol. The molecule has 0 aliphatic heterocycles. The third kappa shape index (κ3) is 3.31. The highest BCUT2D eigenvalue weighted by Gasteiger charge is 2.05. The molecule has 0 unspecified atom stereocenters. The van der Waals surface area contributed by atoms with Crippen LogP contribution in [0.4, 0.5) is 4.39 Å². The van der Waals surface area contributed by atoms with Crippen LogP contribution in [0, 0.1) is 5.82 Å². The highest BCUT2D eigenvalue weighted by Crippen LogP contribution is 2.17. The molecule has 0 bridgehead atoms. The van der Waals surface area contributed by atoms with Crippen LogP contribution in [-0.4, -0.2) is 16.3 Å². The fraction of sp³-hybridized carbons (Fsp3) is 0.308. The molecule has 0 aliphatic carbocycles. The van der Waals surface area contributed by atoms with Crippen LogP contribution in [0.5, 0.6) is 0 Å². The predicted octanol–water partition coefficient (Wildman–Crippen LogP) is 2.54. The normalized spacial score (nSPS) is 10.8. The number of halogens is 2. The van der Waals surface area contributed by atoms with Crippen molar-refractivity contribution in [3.05, 3.63) is 52.6 Å². The van der Waals surface area contributed by atoms with Crippen molar-refractivity contribution in [3.63, 3.8) is 0 Å². The summed E-state index contributed by atoms with van der Waals surface area (Å²) >= 11 is 5.71. The second kappa shape index (κ2) is 5.98. The van der Waals surface area contributed by atoms with Crippen molar-refractivity contribution in [2.24, 2.45) is 7.05 Å². The summed E-state index contributed by atoms with van der Waals surface area (Å²) < 4.78 is 15.3. The van der Waals surface area contributed by atoms with Gasteiger partial charge in [0, 0.05) is 25.4 Å². The zero-order valence-corrected chi connectivity index (χ0v) is 10.9. The minimum atomic E-state index is -0.340. The molecule has 5 heteroatoms. The van der Waals surface area contributed by atoms with Crippen LogP contribution in [-0.2, 0) is 20.0 Å². The van der Waals surface area contributed by atoms with Crippen molar-refractivity contribution >= 4 is 11.6 Å². The first kappa shape index (κ1) is 13.1. The maximum Gasteiger partial charge on any atom is 0.146 e. The largest absolute Gasteiger partial charge is 0.312 e. The molecule has 3 nitrogen and oxygen atoms in total. The van der Waals surface area contributed by atoms with Crippen LogP contribution in [0.2, 0.25) is 5.02 Å². The Bertz CT molecular complexity index is 525.